The number of para-hydroxylation sites is 2. The Bertz CT molecular complexity index is 814. The molecule has 0 aliphatic heterocycles. The standard InChI is InChI=1S/C17H16N4O2/c1-20-12-11-18-17(20)16(13-7-3-2-4-8-13)19-14-9-5-6-10-15(14)21(22)23/h2-12,16,19H,1H3/t16-/m0/s1. The first-order valence-corrected chi connectivity index (χ1v) is 7.19. The van der Waals surface area contributed by atoms with Gasteiger partial charge in [0, 0.05) is 25.5 Å². The molecule has 0 saturated heterocycles. The van der Waals surface area contributed by atoms with Crippen molar-refractivity contribution in [2.45, 2.75) is 6.04 Å². The third-order valence-corrected chi connectivity index (χ3v) is 3.65. The maximum atomic E-state index is 11.2. The molecule has 0 bridgehead atoms. The Morgan fingerprint density at radius 1 is 1.13 bits per heavy atom. The summed E-state index contributed by atoms with van der Waals surface area (Å²) in [6, 6.07) is 16.1. The van der Waals surface area contributed by atoms with Gasteiger partial charge in [-0.3, -0.25) is 10.1 Å². The number of benzene rings is 2. The second kappa shape index (κ2) is 6.31. The van der Waals surface area contributed by atoms with Crippen LogP contribution in [0.1, 0.15) is 17.4 Å². The Hall–Kier alpha value is -3.15. The number of nitrogens with zero attached hydrogens (tertiary/aromatic N) is 3. The summed E-state index contributed by atoms with van der Waals surface area (Å²) in [7, 11) is 1.90. The van der Waals surface area contributed by atoms with E-state index in [9.17, 15) is 10.1 Å². The maximum Gasteiger partial charge on any atom is 0.292 e. The van der Waals surface area contributed by atoms with E-state index in [1.807, 2.05) is 48.1 Å². The highest BCUT2D eigenvalue weighted by molar-refractivity contribution is 5.62. The van der Waals surface area contributed by atoms with Crippen LogP contribution in [0, 0.1) is 10.1 Å². The number of nitro groups is 1. The van der Waals surface area contributed by atoms with Gasteiger partial charge in [-0.05, 0) is 11.6 Å². The number of hydrogen-bond acceptors (Lipinski definition) is 4. The van der Waals surface area contributed by atoms with Crippen molar-refractivity contribution in [3.8, 4) is 0 Å². The number of rotatable bonds is 5. The van der Waals surface area contributed by atoms with Crippen LogP contribution in [0.2, 0.25) is 0 Å². The molecule has 6 heteroatoms. The van der Waals surface area contributed by atoms with Crippen molar-refractivity contribution in [3.05, 3.63) is 88.5 Å². The molecular formula is C17H16N4O2. The third kappa shape index (κ3) is 3.06. The Morgan fingerprint density at radius 2 is 1.83 bits per heavy atom. The molecule has 0 radical (unpaired) electrons. The molecule has 0 amide bonds. The van der Waals surface area contributed by atoms with Crippen LogP contribution in [0.4, 0.5) is 11.4 Å². The zero-order valence-corrected chi connectivity index (χ0v) is 12.6. The lowest BCUT2D eigenvalue weighted by atomic mass is 10.1. The minimum Gasteiger partial charge on any atom is -0.366 e. The molecular weight excluding hydrogens is 292 g/mol. The molecule has 2 aromatic carbocycles. The van der Waals surface area contributed by atoms with Crippen molar-refractivity contribution in [1.82, 2.24) is 9.55 Å². The van der Waals surface area contributed by atoms with Gasteiger partial charge in [0.05, 0.1) is 4.92 Å². The lowest BCUT2D eigenvalue weighted by Crippen LogP contribution is -2.17. The topological polar surface area (TPSA) is 73.0 Å². The normalized spacial score (nSPS) is 11.9. The highest BCUT2D eigenvalue weighted by Crippen LogP contribution is 2.30. The molecule has 23 heavy (non-hydrogen) atoms. The van der Waals surface area contributed by atoms with Crippen molar-refractivity contribution < 1.29 is 4.92 Å². The summed E-state index contributed by atoms with van der Waals surface area (Å²) in [6.07, 6.45) is 3.57. The second-order valence-corrected chi connectivity index (χ2v) is 5.16. The van der Waals surface area contributed by atoms with Gasteiger partial charge in [0.15, 0.2) is 0 Å². The van der Waals surface area contributed by atoms with Crippen LogP contribution in [0.3, 0.4) is 0 Å². The average molecular weight is 308 g/mol. The zero-order valence-electron chi connectivity index (χ0n) is 12.6. The van der Waals surface area contributed by atoms with E-state index in [0.29, 0.717) is 5.69 Å². The molecule has 0 aliphatic rings. The fourth-order valence-electron chi connectivity index (χ4n) is 2.51. The average Bonchev–Trinajstić information content (AvgIpc) is 2.99. The number of aryl methyl sites for hydroxylation is 1. The first-order valence-electron chi connectivity index (χ1n) is 7.19. The van der Waals surface area contributed by atoms with E-state index >= 15 is 0 Å². The van der Waals surface area contributed by atoms with Crippen LogP contribution in [-0.2, 0) is 7.05 Å². The van der Waals surface area contributed by atoms with Crippen LogP contribution >= 0.6 is 0 Å². The SMILES string of the molecule is Cn1ccnc1[C@@H](Nc1ccccc1[N+](=O)[O-])c1ccccc1. The minimum atomic E-state index is -0.386. The van der Waals surface area contributed by atoms with Gasteiger partial charge in [0.25, 0.3) is 5.69 Å². The molecule has 0 saturated carbocycles. The van der Waals surface area contributed by atoms with Gasteiger partial charge in [-0.15, -0.1) is 0 Å². The summed E-state index contributed by atoms with van der Waals surface area (Å²) in [4.78, 5) is 15.2. The molecule has 1 N–H and O–H groups in total. The fourth-order valence-corrected chi connectivity index (χ4v) is 2.51. The lowest BCUT2D eigenvalue weighted by Gasteiger charge is -2.20. The highest BCUT2D eigenvalue weighted by Gasteiger charge is 2.22. The molecule has 1 heterocycles. The van der Waals surface area contributed by atoms with Crippen LogP contribution in [0.5, 0.6) is 0 Å². The van der Waals surface area contributed by atoms with E-state index in [-0.39, 0.29) is 16.7 Å². The number of imidazole rings is 1. The smallest absolute Gasteiger partial charge is 0.292 e. The Kier molecular flexibility index (Phi) is 4.05. The van der Waals surface area contributed by atoms with Crippen molar-refractivity contribution >= 4 is 11.4 Å². The summed E-state index contributed by atoms with van der Waals surface area (Å²) in [5.41, 5.74) is 1.50. The van der Waals surface area contributed by atoms with E-state index in [1.165, 1.54) is 6.07 Å². The molecule has 3 aromatic rings. The van der Waals surface area contributed by atoms with Gasteiger partial charge in [0.1, 0.15) is 17.6 Å². The Morgan fingerprint density at radius 3 is 2.48 bits per heavy atom. The first kappa shape index (κ1) is 14.8. The van der Waals surface area contributed by atoms with Crippen molar-refractivity contribution in [2.75, 3.05) is 5.32 Å². The summed E-state index contributed by atoms with van der Waals surface area (Å²) >= 11 is 0. The summed E-state index contributed by atoms with van der Waals surface area (Å²) in [5, 5.41) is 14.5. The van der Waals surface area contributed by atoms with Gasteiger partial charge >= 0.3 is 0 Å². The molecule has 1 aromatic heterocycles. The van der Waals surface area contributed by atoms with Gasteiger partial charge in [-0.25, -0.2) is 4.98 Å². The molecule has 116 valence electrons. The molecule has 0 spiro atoms. The molecule has 0 aliphatic carbocycles. The van der Waals surface area contributed by atoms with Crippen molar-refractivity contribution in [1.29, 1.82) is 0 Å². The minimum absolute atomic E-state index is 0.0441. The lowest BCUT2D eigenvalue weighted by molar-refractivity contribution is -0.384. The Labute approximate surface area is 133 Å². The highest BCUT2D eigenvalue weighted by atomic mass is 16.6. The number of nitro benzene ring substituents is 1. The van der Waals surface area contributed by atoms with Crippen molar-refractivity contribution in [2.24, 2.45) is 7.05 Å². The van der Waals surface area contributed by atoms with Crippen LogP contribution in [0.25, 0.3) is 0 Å². The molecule has 0 unspecified atom stereocenters. The molecule has 6 nitrogen and oxygen atoms in total. The molecule has 1 atom stereocenters. The van der Waals surface area contributed by atoms with Crippen LogP contribution in [0.15, 0.2) is 67.0 Å². The molecule has 0 fully saturated rings. The van der Waals surface area contributed by atoms with E-state index in [4.69, 9.17) is 0 Å². The third-order valence-electron chi connectivity index (χ3n) is 3.65. The summed E-state index contributed by atoms with van der Waals surface area (Å²) in [5.74, 6) is 0.786. The van der Waals surface area contributed by atoms with Gasteiger partial charge in [-0.1, -0.05) is 42.5 Å². The predicted octanol–water partition coefficient (Wildman–Crippen LogP) is 3.53. The fraction of sp³-hybridized carbons (Fsp3) is 0.118. The largest absolute Gasteiger partial charge is 0.366 e. The maximum absolute atomic E-state index is 11.2. The van der Waals surface area contributed by atoms with Crippen LogP contribution in [-0.4, -0.2) is 14.5 Å². The first-order chi connectivity index (χ1) is 11.2. The van der Waals surface area contributed by atoms with E-state index in [1.54, 1.807) is 24.4 Å². The van der Waals surface area contributed by atoms with E-state index in [2.05, 4.69) is 10.3 Å². The van der Waals surface area contributed by atoms with Gasteiger partial charge in [-0.2, -0.15) is 0 Å². The monoisotopic (exact) mass is 308 g/mol. The van der Waals surface area contributed by atoms with Crippen LogP contribution < -0.4 is 5.32 Å². The van der Waals surface area contributed by atoms with E-state index in [0.717, 1.165) is 11.4 Å². The van der Waals surface area contributed by atoms with E-state index < -0.39 is 0 Å². The summed E-state index contributed by atoms with van der Waals surface area (Å²) in [6.45, 7) is 0. The van der Waals surface area contributed by atoms with Gasteiger partial charge in [0.2, 0.25) is 0 Å². The number of nitrogens with one attached hydrogen (secondary N) is 1. The second-order valence-electron chi connectivity index (χ2n) is 5.16. The number of aromatic nitrogens is 2. The summed E-state index contributed by atoms with van der Waals surface area (Å²) < 4.78 is 1.90. The Balaban J connectivity index is 2.04. The number of anilines is 1. The zero-order chi connectivity index (χ0) is 16.2. The number of hydrogen-bond donors (Lipinski definition) is 1. The predicted molar refractivity (Wildman–Crippen MR) is 88.2 cm³/mol. The van der Waals surface area contributed by atoms with Crippen molar-refractivity contribution in [3.63, 3.8) is 0 Å². The molecule has 3 rings (SSSR count). The quantitative estimate of drug-likeness (QED) is 0.578. The van der Waals surface area contributed by atoms with Gasteiger partial charge < -0.3 is 9.88 Å².